The minimum absolute atomic E-state index is 0.625. The molecule has 0 heterocycles. The van der Waals surface area contributed by atoms with Gasteiger partial charge in [-0.15, -0.1) is 0 Å². The lowest BCUT2D eigenvalue weighted by Crippen LogP contribution is -1.98. The summed E-state index contributed by atoms with van der Waals surface area (Å²) >= 11 is 0. The zero-order valence-electron chi connectivity index (χ0n) is 11.1. The van der Waals surface area contributed by atoms with Gasteiger partial charge in [0.25, 0.3) is 0 Å². The Labute approximate surface area is 108 Å². The molecule has 3 heteroatoms. The first-order chi connectivity index (χ1) is 8.70. The molecule has 96 valence electrons. The van der Waals surface area contributed by atoms with E-state index in [4.69, 9.17) is 9.59 Å². The molecule has 2 aromatic rings. The molecule has 1 N–H and O–H groups in total. The number of hydrogen-bond donors (Lipinski definition) is 1. The number of aryl methyl sites for hydroxylation is 2. The highest BCUT2D eigenvalue weighted by Crippen LogP contribution is 2.21. The number of hydrogen-bond acceptors (Lipinski definition) is 2. The van der Waals surface area contributed by atoms with E-state index >= 15 is 0 Å². The number of benzene rings is 2. The standard InChI is InChI=1S/C12H12.C2H5NO.CH2O/c1-9-5-3-7-11-8-4-6-10(2)12(9)11;1-3-2-4;1-2/h3-8H,1-2H3;2H,1H3,(H,3,4);1H2. The van der Waals surface area contributed by atoms with Crippen LogP contribution in [0.25, 0.3) is 10.8 Å². The second-order valence-corrected chi connectivity index (χ2v) is 3.65. The molecule has 0 radical (unpaired) electrons. The molecule has 0 fully saturated rings. The van der Waals surface area contributed by atoms with Crippen molar-refractivity contribution in [1.82, 2.24) is 5.32 Å². The highest BCUT2D eigenvalue weighted by Gasteiger charge is 1.97. The van der Waals surface area contributed by atoms with Gasteiger partial charge in [0.2, 0.25) is 6.41 Å². The van der Waals surface area contributed by atoms with Crippen molar-refractivity contribution in [3.63, 3.8) is 0 Å². The Kier molecular flexibility index (Phi) is 7.86. The number of nitrogens with one attached hydrogen (secondary N) is 1. The van der Waals surface area contributed by atoms with Crippen LogP contribution in [0, 0.1) is 13.8 Å². The molecule has 2 aromatic carbocycles. The minimum atomic E-state index is 0.625. The predicted octanol–water partition coefficient (Wildman–Crippen LogP) is 2.63. The van der Waals surface area contributed by atoms with E-state index in [1.165, 1.54) is 21.9 Å². The second-order valence-electron chi connectivity index (χ2n) is 3.65. The quantitative estimate of drug-likeness (QED) is 0.785. The van der Waals surface area contributed by atoms with Crippen molar-refractivity contribution in [3.05, 3.63) is 47.5 Å². The van der Waals surface area contributed by atoms with Crippen LogP contribution < -0.4 is 5.32 Å². The number of amides is 1. The SMILES string of the molecule is C=O.CNC=O.Cc1cccc2cccc(C)c12. The Morgan fingerprint density at radius 2 is 1.39 bits per heavy atom. The van der Waals surface area contributed by atoms with Gasteiger partial charge in [-0.25, -0.2) is 0 Å². The van der Waals surface area contributed by atoms with Gasteiger partial charge < -0.3 is 10.1 Å². The summed E-state index contributed by atoms with van der Waals surface area (Å²) in [7, 11) is 1.56. The van der Waals surface area contributed by atoms with Gasteiger partial charge in [0.15, 0.2) is 0 Å². The van der Waals surface area contributed by atoms with E-state index < -0.39 is 0 Å². The first-order valence-electron chi connectivity index (χ1n) is 5.55. The zero-order valence-corrected chi connectivity index (χ0v) is 11.1. The smallest absolute Gasteiger partial charge is 0.206 e. The van der Waals surface area contributed by atoms with Gasteiger partial charge in [0.05, 0.1) is 0 Å². The predicted molar refractivity (Wildman–Crippen MR) is 75.7 cm³/mol. The van der Waals surface area contributed by atoms with Crippen LogP contribution in [0.3, 0.4) is 0 Å². The van der Waals surface area contributed by atoms with E-state index in [0.29, 0.717) is 6.41 Å². The van der Waals surface area contributed by atoms with Crippen molar-refractivity contribution in [2.75, 3.05) is 7.05 Å². The lowest BCUT2D eigenvalue weighted by atomic mass is 10.0. The molecule has 0 bridgehead atoms. The Balaban J connectivity index is 0.000000415. The average molecular weight is 245 g/mol. The highest BCUT2D eigenvalue weighted by molar-refractivity contribution is 5.88. The summed E-state index contributed by atoms with van der Waals surface area (Å²) < 4.78 is 0. The van der Waals surface area contributed by atoms with Crippen LogP contribution in [-0.4, -0.2) is 20.2 Å². The number of fused-ring (bicyclic) bond motifs is 1. The first-order valence-corrected chi connectivity index (χ1v) is 5.55. The molecule has 0 unspecified atom stereocenters. The Hall–Kier alpha value is -2.16. The molecule has 0 aliphatic carbocycles. The molecular formula is C15H19NO2. The van der Waals surface area contributed by atoms with Crippen LogP contribution in [-0.2, 0) is 9.59 Å². The van der Waals surface area contributed by atoms with Crippen LogP contribution in [0.15, 0.2) is 36.4 Å². The van der Waals surface area contributed by atoms with E-state index in [1.54, 1.807) is 7.05 Å². The van der Waals surface area contributed by atoms with Gasteiger partial charge in [-0.05, 0) is 35.7 Å². The molecule has 18 heavy (non-hydrogen) atoms. The van der Waals surface area contributed by atoms with Gasteiger partial charge in [-0.1, -0.05) is 36.4 Å². The van der Waals surface area contributed by atoms with Crippen molar-refractivity contribution in [2.45, 2.75) is 13.8 Å². The maximum absolute atomic E-state index is 9.06. The van der Waals surface area contributed by atoms with Gasteiger partial charge in [0, 0.05) is 7.05 Å². The minimum Gasteiger partial charge on any atom is -0.362 e. The summed E-state index contributed by atoms with van der Waals surface area (Å²) in [6, 6.07) is 12.9. The second kappa shape index (κ2) is 8.93. The molecule has 0 aliphatic rings. The molecule has 1 amide bonds. The summed E-state index contributed by atoms with van der Waals surface area (Å²) in [6.07, 6.45) is 0.625. The molecule has 0 spiro atoms. The Bertz CT molecular complexity index is 458. The van der Waals surface area contributed by atoms with E-state index in [2.05, 4.69) is 55.6 Å². The third kappa shape index (κ3) is 4.37. The summed E-state index contributed by atoms with van der Waals surface area (Å²) in [6.45, 7) is 6.32. The van der Waals surface area contributed by atoms with Crippen LogP contribution in [0.5, 0.6) is 0 Å². The van der Waals surface area contributed by atoms with Crippen molar-refractivity contribution in [1.29, 1.82) is 0 Å². The third-order valence-electron chi connectivity index (χ3n) is 2.44. The molecule has 0 saturated heterocycles. The van der Waals surface area contributed by atoms with Gasteiger partial charge in [-0.2, -0.15) is 0 Å². The van der Waals surface area contributed by atoms with E-state index in [9.17, 15) is 0 Å². The molecule has 0 atom stereocenters. The largest absolute Gasteiger partial charge is 0.362 e. The van der Waals surface area contributed by atoms with Crippen molar-refractivity contribution >= 4 is 24.0 Å². The molecule has 0 aromatic heterocycles. The highest BCUT2D eigenvalue weighted by atomic mass is 16.1. The maximum atomic E-state index is 9.06. The number of carbonyl (C=O) groups excluding carboxylic acids is 2. The fourth-order valence-corrected chi connectivity index (χ4v) is 1.75. The topological polar surface area (TPSA) is 46.2 Å². The number of carbonyl (C=O) groups is 2. The molecule has 0 aliphatic heterocycles. The van der Waals surface area contributed by atoms with Crippen molar-refractivity contribution in [3.8, 4) is 0 Å². The van der Waals surface area contributed by atoms with Gasteiger partial charge >= 0.3 is 0 Å². The van der Waals surface area contributed by atoms with Crippen molar-refractivity contribution < 1.29 is 9.59 Å². The van der Waals surface area contributed by atoms with E-state index in [-0.39, 0.29) is 0 Å². The molecule has 0 saturated carbocycles. The Morgan fingerprint density at radius 1 is 1.00 bits per heavy atom. The van der Waals surface area contributed by atoms with Gasteiger partial charge in [0.1, 0.15) is 6.79 Å². The zero-order chi connectivity index (χ0) is 14.0. The van der Waals surface area contributed by atoms with Crippen molar-refractivity contribution in [2.24, 2.45) is 0 Å². The van der Waals surface area contributed by atoms with Gasteiger partial charge in [-0.3, -0.25) is 4.79 Å². The lowest BCUT2D eigenvalue weighted by molar-refractivity contribution is -0.109. The fourth-order valence-electron chi connectivity index (χ4n) is 1.75. The van der Waals surface area contributed by atoms with E-state index in [1.807, 2.05) is 6.79 Å². The summed E-state index contributed by atoms with van der Waals surface area (Å²) in [5.74, 6) is 0. The lowest BCUT2D eigenvalue weighted by Gasteiger charge is -2.04. The normalized spacial score (nSPS) is 8.39. The molecule has 2 rings (SSSR count). The number of rotatable bonds is 1. The van der Waals surface area contributed by atoms with Crippen LogP contribution in [0.2, 0.25) is 0 Å². The maximum Gasteiger partial charge on any atom is 0.206 e. The average Bonchev–Trinajstić information content (AvgIpc) is 2.42. The summed E-state index contributed by atoms with van der Waals surface area (Å²) in [5, 5.41) is 5.00. The fraction of sp³-hybridized carbons (Fsp3) is 0.200. The van der Waals surface area contributed by atoms with Crippen LogP contribution in [0.1, 0.15) is 11.1 Å². The van der Waals surface area contributed by atoms with E-state index in [0.717, 1.165) is 0 Å². The summed E-state index contributed by atoms with van der Waals surface area (Å²) in [5.41, 5.74) is 2.73. The van der Waals surface area contributed by atoms with Crippen LogP contribution in [0.4, 0.5) is 0 Å². The van der Waals surface area contributed by atoms with Crippen LogP contribution >= 0.6 is 0 Å². The third-order valence-corrected chi connectivity index (χ3v) is 2.44. The first kappa shape index (κ1) is 15.8. The monoisotopic (exact) mass is 245 g/mol. The summed E-state index contributed by atoms with van der Waals surface area (Å²) in [4.78, 5) is 17.1. The molecular weight excluding hydrogens is 226 g/mol. The Morgan fingerprint density at radius 3 is 1.67 bits per heavy atom. The molecule has 3 nitrogen and oxygen atoms in total.